The first-order valence-corrected chi connectivity index (χ1v) is 10.4. The number of carbonyl (C=O) groups is 2. The molecule has 2 aromatic rings. The molecule has 0 aromatic heterocycles. The summed E-state index contributed by atoms with van der Waals surface area (Å²) in [6.45, 7) is 4.57. The van der Waals surface area contributed by atoms with Crippen molar-refractivity contribution in [3.8, 4) is 5.75 Å². The van der Waals surface area contributed by atoms with Gasteiger partial charge in [-0.3, -0.25) is 9.59 Å². The van der Waals surface area contributed by atoms with E-state index in [1.807, 2.05) is 61.5 Å². The molecule has 0 heterocycles. The Hall–Kier alpha value is -2.47. The molecular weight excluding hydrogens is 372 g/mol. The summed E-state index contributed by atoms with van der Waals surface area (Å²) in [5, 5.41) is 2.81. The van der Waals surface area contributed by atoms with E-state index < -0.39 is 6.04 Å². The molecule has 1 N–H and O–H groups in total. The van der Waals surface area contributed by atoms with Gasteiger partial charge in [-0.15, -0.1) is 11.8 Å². The summed E-state index contributed by atoms with van der Waals surface area (Å²) in [6.07, 6.45) is 0.374. The maximum absolute atomic E-state index is 12.9. The predicted molar refractivity (Wildman–Crippen MR) is 113 cm³/mol. The molecule has 2 rings (SSSR count). The van der Waals surface area contributed by atoms with E-state index in [2.05, 4.69) is 5.32 Å². The van der Waals surface area contributed by atoms with Crippen molar-refractivity contribution in [2.45, 2.75) is 37.8 Å². The van der Waals surface area contributed by atoms with E-state index in [9.17, 15) is 9.59 Å². The highest BCUT2D eigenvalue weighted by Crippen LogP contribution is 2.20. The highest BCUT2D eigenvalue weighted by Gasteiger charge is 2.25. The number of amides is 2. The van der Waals surface area contributed by atoms with E-state index in [4.69, 9.17) is 4.74 Å². The minimum Gasteiger partial charge on any atom is -0.497 e. The molecule has 0 radical (unpaired) electrons. The van der Waals surface area contributed by atoms with Crippen LogP contribution < -0.4 is 10.1 Å². The Kier molecular flexibility index (Phi) is 8.88. The number of thioether (sulfide) groups is 1. The summed E-state index contributed by atoms with van der Waals surface area (Å²) < 4.78 is 5.19. The Bertz CT molecular complexity index is 750. The van der Waals surface area contributed by atoms with Crippen LogP contribution in [0.2, 0.25) is 0 Å². The number of nitrogens with zero attached hydrogens (tertiary/aromatic N) is 1. The Labute approximate surface area is 171 Å². The van der Waals surface area contributed by atoms with Gasteiger partial charge in [-0.2, -0.15) is 0 Å². The normalized spacial score (nSPS) is 11.5. The summed E-state index contributed by atoms with van der Waals surface area (Å²) >= 11 is 1.64. The number of hydrogen-bond acceptors (Lipinski definition) is 4. The average Bonchev–Trinajstić information content (AvgIpc) is 2.72. The van der Waals surface area contributed by atoms with Crippen LogP contribution in [-0.2, 0) is 16.1 Å². The van der Waals surface area contributed by atoms with E-state index in [1.54, 1.807) is 30.7 Å². The summed E-state index contributed by atoms with van der Waals surface area (Å²) in [6, 6.07) is 17.0. The molecule has 2 aromatic carbocycles. The molecule has 0 fully saturated rings. The Balaban J connectivity index is 2.04. The van der Waals surface area contributed by atoms with Gasteiger partial charge >= 0.3 is 0 Å². The van der Waals surface area contributed by atoms with Crippen LogP contribution in [0.25, 0.3) is 0 Å². The molecule has 1 atom stereocenters. The molecule has 0 aliphatic carbocycles. The number of carbonyl (C=O) groups excluding carboxylic acids is 2. The minimum atomic E-state index is -0.531. The van der Waals surface area contributed by atoms with Crippen LogP contribution >= 0.6 is 11.8 Å². The first-order valence-electron chi connectivity index (χ1n) is 9.43. The molecule has 0 saturated heterocycles. The minimum absolute atomic E-state index is 0.0296. The SMILES string of the molecule is CCNC(=O)[C@H](C)N(Cc1ccc(OC)cc1)C(=O)CCSc1ccccc1. The van der Waals surface area contributed by atoms with E-state index in [0.29, 0.717) is 25.3 Å². The lowest BCUT2D eigenvalue weighted by atomic mass is 10.1. The van der Waals surface area contributed by atoms with Crippen LogP contribution in [0.1, 0.15) is 25.8 Å². The van der Waals surface area contributed by atoms with Gasteiger partial charge in [0.1, 0.15) is 11.8 Å². The standard InChI is InChI=1S/C22H28N2O3S/c1-4-23-22(26)17(2)24(16-18-10-12-19(27-3)13-11-18)21(25)14-15-28-20-8-6-5-7-9-20/h5-13,17H,4,14-16H2,1-3H3,(H,23,26)/t17-/m0/s1. The quantitative estimate of drug-likeness (QED) is 0.618. The molecule has 2 amide bonds. The Morgan fingerprint density at radius 3 is 2.39 bits per heavy atom. The highest BCUT2D eigenvalue weighted by atomic mass is 32.2. The van der Waals surface area contributed by atoms with Gasteiger partial charge in [0, 0.05) is 30.2 Å². The summed E-state index contributed by atoms with van der Waals surface area (Å²) in [5.74, 6) is 1.26. The third kappa shape index (κ3) is 6.60. The molecule has 150 valence electrons. The number of likely N-dealkylation sites (N-methyl/N-ethyl adjacent to an activating group) is 1. The fourth-order valence-electron chi connectivity index (χ4n) is 2.75. The van der Waals surface area contributed by atoms with Crippen LogP contribution in [0, 0.1) is 0 Å². The molecule has 0 aliphatic heterocycles. The van der Waals surface area contributed by atoms with Crippen molar-refractivity contribution in [1.82, 2.24) is 10.2 Å². The molecule has 0 unspecified atom stereocenters. The largest absolute Gasteiger partial charge is 0.497 e. The molecule has 28 heavy (non-hydrogen) atoms. The van der Waals surface area contributed by atoms with Crippen molar-refractivity contribution in [2.24, 2.45) is 0 Å². The number of rotatable bonds is 10. The maximum Gasteiger partial charge on any atom is 0.242 e. The number of ether oxygens (including phenoxy) is 1. The fourth-order valence-corrected chi connectivity index (χ4v) is 3.61. The number of nitrogens with one attached hydrogen (secondary N) is 1. The topological polar surface area (TPSA) is 58.6 Å². The third-order valence-corrected chi connectivity index (χ3v) is 5.37. The Morgan fingerprint density at radius 1 is 1.11 bits per heavy atom. The van der Waals surface area contributed by atoms with Gasteiger partial charge in [0.05, 0.1) is 7.11 Å². The molecule has 6 heteroatoms. The van der Waals surface area contributed by atoms with E-state index in [1.165, 1.54) is 0 Å². The fraction of sp³-hybridized carbons (Fsp3) is 0.364. The second-order valence-electron chi connectivity index (χ2n) is 6.35. The van der Waals surface area contributed by atoms with Crippen molar-refractivity contribution in [2.75, 3.05) is 19.4 Å². The summed E-state index contributed by atoms with van der Waals surface area (Å²) in [4.78, 5) is 28.0. The number of benzene rings is 2. The molecule has 0 spiro atoms. The second kappa shape index (κ2) is 11.4. The first kappa shape index (κ1) is 21.8. The zero-order chi connectivity index (χ0) is 20.4. The smallest absolute Gasteiger partial charge is 0.242 e. The molecule has 0 saturated carbocycles. The van der Waals surface area contributed by atoms with Gasteiger partial charge in [-0.1, -0.05) is 30.3 Å². The lowest BCUT2D eigenvalue weighted by Gasteiger charge is -2.28. The predicted octanol–water partition coefficient (Wildman–Crippen LogP) is 3.73. The van der Waals surface area contributed by atoms with Gasteiger partial charge < -0.3 is 15.0 Å². The van der Waals surface area contributed by atoms with Gasteiger partial charge in [-0.25, -0.2) is 0 Å². The summed E-state index contributed by atoms with van der Waals surface area (Å²) in [7, 11) is 1.62. The van der Waals surface area contributed by atoms with Gasteiger partial charge in [0.2, 0.25) is 11.8 Å². The second-order valence-corrected chi connectivity index (χ2v) is 7.52. The van der Waals surface area contributed by atoms with Crippen molar-refractivity contribution in [1.29, 1.82) is 0 Å². The van der Waals surface area contributed by atoms with E-state index in [0.717, 1.165) is 16.2 Å². The highest BCUT2D eigenvalue weighted by molar-refractivity contribution is 7.99. The molecule has 0 aliphatic rings. The zero-order valence-corrected chi connectivity index (χ0v) is 17.5. The lowest BCUT2D eigenvalue weighted by molar-refractivity contribution is -0.140. The Morgan fingerprint density at radius 2 is 1.79 bits per heavy atom. The van der Waals surface area contributed by atoms with Gasteiger partial charge in [-0.05, 0) is 43.7 Å². The molecule has 5 nitrogen and oxygen atoms in total. The first-order chi connectivity index (χ1) is 13.5. The van der Waals surface area contributed by atoms with Gasteiger partial charge in [0.25, 0.3) is 0 Å². The third-order valence-electron chi connectivity index (χ3n) is 4.36. The lowest BCUT2D eigenvalue weighted by Crippen LogP contribution is -2.47. The average molecular weight is 401 g/mol. The molecule has 0 bridgehead atoms. The van der Waals surface area contributed by atoms with Crippen LogP contribution in [0.4, 0.5) is 0 Å². The monoisotopic (exact) mass is 400 g/mol. The van der Waals surface area contributed by atoms with Gasteiger partial charge in [0.15, 0.2) is 0 Å². The van der Waals surface area contributed by atoms with Crippen LogP contribution in [0.15, 0.2) is 59.5 Å². The van der Waals surface area contributed by atoms with Crippen molar-refractivity contribution >= 4 is 23.6 Å². The van der Waals surface area contributed by atoms with Crippen LogP contribution in [0.3, 0.4) is 0 Å². The maximum atomic E-state index is 12.9. The zero-order valence-electron chi connectivity index (χ0n) is 16.7. The van der Waals surface area contributed by atoms with Crippen molar-refractivity contribution < 1.29 is 14.3 Å². The van der Waals surface area contributed by atoms with Crippen molar-refractivity contribution in [3.63, 3.8) is 0 Å². The van der Waals surface area contributed by atoms with Crippen LogP contribution in [-0.4, -0.2) is 42.2 Å². The molecular formula is C22H28N2O3S. The van der Waals surface area contributed by atoms with E-state index in [-0.39, 0.29) is 11.8 Å². The number of hydrogen-bond donors (Lipinski definition) is 1. The van der Waals surface area contributed by atoms with Crippen LogP contribution in [0.5, 0.6) is 5.75 Å². The van der Waals surface area contributed by atoms with Crippen molar-refractivity contribution in [3.05, 3.63) is 60.2 Å². The summed E-state index contributed by atoms with van der Waals surface area (Å²) in [5.41, 5.74) is 0.959. The van der Waals surface area contributed by atoms with E-state index >= 15 is 0 Å². The number of methoxy groups -OCH3 is 1.